The maximum Gasteiger partial charge on any atom is 0.320 e. The molecule has 0 heterocycles. The molecular weight excluding hydrogens is 250 g/mol. The summed E-state index contributed by atoms with van der Waals surface area (Å²) in [7, 11) is 0. The van der Waals surface area contributed by atoms with Crippen molar-refractivity contribution in [3.05, 3.63) is 0 Å². The van der Waals surface area contributed by atoms with Gasteiger partial charge in [-0.15, -0.1) is 0 Å². The molecule has 0 aliphatic rings. The molecule has 19 heavy (non-hydrogen) atoms. The van der Waals surface area contributed by atoms with Crippen molar-refractivity contribution in [3.63, 3.8) is 0 Å². The van der Waals surface area contributed by atoms with E-state index in [0.29, 0.717) is 13.1 Å². The number of carboxylic acids is 1. The smallest absolute Gasteiger partial charge is 0.320 e. The van der Waals surface area contributed by atoms with E-state index in [9.17, 15) is 14.4 Å². The standard InChI is InChI=1S/C12H23N3O4/c1-3-5-7-15(9-10(13)16)12(19)14(4-2)8-6-11(17)18/h3-9H2,1-2H3,(H2,13,16)(H,17,18). The monoisotopic (exact) mass is 273 g/mol. The fraction of sp³-hybridized carbons (Fsp3) is 0.750. The molecule has 7 nitrogen and oxygen atoms in total. The second kappa shape index (κ2) is 9.18. The molecule has 0 bridgehead atoms. The van der Waals surface area contributed by atoms with Crippen LogP contribution < -0.4 is 5.73 Å². The van der Waals surface area contributed by atoms with Crippen LogP contribution in [0.25, 0.3) is 0 Å². The van der Waals surface area contributed by atoms with Crippen LogP contribution in [0.1, 0.15) is 33.1 Å². The van der Waals surface area contributed by atoms with Crippen LogP contribution in [0.3, 0.4) is 0 Å². The highest BCUT2D eigenvalue weighted by Gasteiger charge is 2.21. The molecule has 110 valence electrons. The van der Waals surface area contributed by atoms with Crippen LogP contribution in [-0.2, 0) is 9.59 Å². The van der Waals surface area contributed by atoms with Gasteiger partial charge in [-0.05, 0) is 13.3 Å². The van der Waals surface area contributed by atoms with Crippen LogP contribution in [0.5, 0.6) is 0 Å². The molecule has 0 aliphatic heterocycles. The third-order valence-corrected chi connectivity index (χ3v) is 2.65. The minimum absolute atomic E-state index is 0.113. The number of rotatable bonds is 9. The summed E-state index contributed by atoms with van der Waals surface area (Å²) in [5.74, 6) is -1.53. The molecule has 0 spiro atoms. The van der Waals surface area contributed by atoms with Crippen LogP contribution >= 0.6 is 0 Å². The van der Waals surface area contributed by atoms with E-state index in [1.54, 1.807) is 6.92 Å². The zero-order chi connectivity index (χ0) is 14.8. The van der Waals surface area contributed by atoms with Crippen LogP contribution in [-0.4, -0.2) is 59.0 Å². The van der Waals surface area contributed by atoms with Gasteiger partial charge in [0.1, 0.15) is 6.54 Å². The van der Waals surface area contributed by atoms with Crippen molar-refractivity contribution in [2.75, 3.05) is 26.2 Å². The summed E-state index contributed by atoms with van der Waals surface area (Å²) in [5, 5.41) is 8.64. The minimum Gasteiger partial charge on any atom is -0.481 e. The van der Waals surface area contributed by atoms with Gasteiger partial charge < -0.3 is 20.6 Å². The van der Waals surface area contributed by atoms with Crippen molar-refractivity contribution in [1.29, 1.82) is 0 Å². The number of aliphatic carboxylic acids is 1. The Balaban J connectivity index is 4.61. The number of nitrogens with zero attached hydrogens (tertiary/aromatic N) is 2. The molecule has 7 heteroatoms. The van der Waals surface area contributed by atoms with E-state index >= 15 is 0 Å². The maximum atomic E-state index is 12.2. The van der Waals surface area contributed by atoms with Gasteiger partial charge >= 0.3 is 12.0 Å². The second-order valence-corrected chi connectivity index (χ2v) is 4.25. The molecule has 0 aromatic rings. The number of carbonyl (C=O) groups is 3. The van der Waals surface area contributed by atoms with E-state index in [1.807, 2.05) is 6.92 Å². The Bertz CT molecular complexity index is 320. The van der Waals surface area contributed by atoms with Crippen LogP contribution in [0.2, 0.25) is 0 Å². The lowest BCUT2D eigenvalue weighted by Crippen LogP contribution is -2.47. The number of carbonyl (C=O) groups excluding carboxylic acids is 2. The highest BCUT2D eigenvalue weighted by molar-refractivity contribution is 5.83. The SMILES string of the molecule is CCCCN(CC(N)=O)C(=O)N(CC)CCC(=O)O. The second-order valence-electron chi connectivity index (χ2n) is 4.25. The Morgan fingerprint density at radius 2 is 1.74 bits per heavy atom. The zero-order valence-corrected chi connectivity index (χ0v) is 11.6. The molecule has 0 aliphatic carbocycles. The first-order chi connectivity index (χ1) is 8.92. The van der Waals surface area contributed by atoms with Gasteiger partial charge in [-0.1, -0.05) is 13.3 Å². The Morgan fingerprint density at radius 1 is 1.11 bits per heavy atom. The first-order valence-corrected chi connectivity index (χ1v) is 6.46. The highest BCUT2D eigenvalue weighted by Crippen LogP contribution is 2.03. The first kappa shape index (κ1) is 17.2. The van der Waals surface area contributed by atoms with E-state index in [4.69, 9.17) is 10.8 Å². The van der Waals surface area contributed by atoms with Crippen molar-refractivity contribution in [1.82, 2.24) is 9.80 Å². The quantitative estimate of drug-likeness (QED) is 0.638. The minimum atomic E-state index is -0.957. The lowest BCUT2D eigenvalue weighted by molar-refractivity contribution is -0.137. The Kier molecular flexibility index (Phi) is 8.32. The molecule has 0 saturated heterocycles. The van der Waals surface area contributed by atoms with E-state index in [2.05, 4.69) is 0 Å². The topological polar surface area (TPSA) is 104 Å². The zero-order valence-electron chi connectivity index (χ0n) is 11.6. The van der Waals surface area contributed by atoms with Crippen molar-refractivity contribution >= 4 is 17.9 Å². The highest BCUT2D eigenvalue weighted by atomic mass is 16.4. The summed E-state index contributed by atoms with van der Waals surface area (Å²) in [6.07, 6.45) is 1.55. The third kappa shape index (κ3) is 7.28. The van der Waals surface area contributed by atoms with E-state index in [-0.39, 0.29) is 25.5 Å². The van der Waals surface area contributed by atoms with Gasteiger partial charge in [-0.25, -0.2) is 4.79 Å². The van der Waals surface area contributed by atoms with Crippen LogP contribution in [0, 0.1) is 0 Å². The fourth-order valence-corrected chi connectivity index (χ4v) is 1.60. The number of hydrogen-bond acceptors (Lipinski definition) is 3. The van der Waals surface area contributed by atoms with Crippen molar-refractivity contribution in [3.8, 4) is 0 Å². The molecule has 0 rings (SSSR count). The Morgan fingerprint density at radius 3 is 2.16 bits per heavy atom. The van der Waals surface area contributed by atoms with Crippen molar-refractivity contribution in [2.45, 2.75) is 33.1 Å². The summed E-state index contributed by atoms with van der Waals surface area (Å²) in [6.45, 7) is 4.58. The lowest BCUT2D eigenvalue weighted by Gasteiger charge is -2.29. The maximum absolute atomic E-state index is 12.2. The average Bonchev–Trinajstić information content (AvgIpc) is 2.34. The molecule has 3 N–H and O–H groups in total. The molecule has 0 radical (unpaired) electrons. The number of amides is 3. The van der Waals surface area contributed by atoms with Gasteiger partial charge in [0, 0.05) is 19.6 Å². The van der Waals surface area contributed by atoms with Gasteiger partial charge in [0.05, 0.1) is 6.42 Å². The molecule has 0 saturated carbocycles. The van der Waals surface area contributed by atoms with E-state index in [1.165, 1.54) is 9.80 Å². The lowest BCUT2D eigenvalue weighted by atomic mass is 10.3. The van der Waals surface area contributed by atoms with Gasteiger partial charge in [0.2, 0.25) is 5.91 Å². The van der Waals surface area contributed by atoms with Gasteiger partial charge in [0.25, 0.3) is 0 Å². The Labute approximate surface area is 113 Å². The summed E-state index contributed by atoms with van der Waals surface area (Å²) in [5.41, 5.74) is 5.12. The number of carboxylic acid groups (broad SMARTS) is 1. The third-order valence-electron chi connectivity index (χ3n) is 2.65. The summed E-state index contributed by atoms with van der Waals surface area (Å²) < 4.78 is 0. The number of nitrogens with two attached hydrogens (primary N) is 1. The molecule has 0 unspecified atom stereocenters. The molecular formula is C12H23N3O4. The predicted molar refractivity (Wildman–Crippen MR) is 70.6 cm³/mol. The summed E-state index contributed by atoms with van der Waals surface area (Å²) >= 11 is 0. The largest absolute Gasteiger partial charge is 0.481 e. The average molecular weight is 273 g/mol. The fourth-order valence-electron chi connectivity index (χ4n) is 1.60. The van der Waals surface area contributed by atoms with Gasteiger partial charge in [-0.3, -0.25) is 9.59 Å². The van der Waals surface area contributed by atoms with E-state index < -0.39 is 11.9 Å². The van der Waals surface area contributed by atoms with Gasteiger partial charge in [0.15, 0.2) is 0 Å². The van der Waals surface area contributed by atoms with Gasteiger partial charge in [-0.2, -0.15) is 0 Å². The molecule has 0 aromatic carbocycles. The number of urea groups is 1. The van der Waals surface area contributed by atoms with Crippen LogP contribution in [0.4, 0.5) is 4.79 Å². The van der Waals surface area contributed by atoms with Crippen molar-refractivity contribution in [2.24, 2.45) is 5.73 Å². The number of hydrogen-bond donors (Lipinski definition) is 2. The molecule has 0 atom stereocenters. The predicted octanol–water partition coefficient (Wildman–Crippen LogP) is 0.490. The van der Waals surface area contributed by atoms with Crippen molar-refractivity contribution < 1.29 is 19.5 Å². The molecule has 0 fully saturated rings. The van der Waals surface area contributed by atoms with E-state index in [0.717, 1.165) is 12.8 Å². The number of unbranched alkanes of at least 4 members (excludes halogenated alkanes) is 1. The summed E-state index contributed by atoms with van der Waals surface area (Å²) in [4.78, 5) is 36.5. The number of primary amides is 1. The Hall–Kier alpha value is -1.79. The first-order valence-electron chi connectivity index (χ1n) is 6.46. The normalized spacial score (nSPS) is 10.0. The van der Waals surface area contributed by atoms with Crippen LogP contribution in [0.15, 0.2) is 0 Å². The summed E-state index contributed by atoms with van der Waals surface area (Å²) in [6, 6.07) is -0.337. The molecule has 3 amide bonds. The molecule has 0 aromatic heterocycles.